The molecule has 2 aromatic rings. The quantitative estimate of drug-likeness (QED) is 0.707. The van der Waals surface area contributed by atoms with Gasteiger partial charge in [-0.05, 0) is 30.9 Å². The van der Waals surface area contributed by atoms with Crippen LogP contribution in [-0.2, 0) is 0 Å². The van der Waals surface area contributed by atoms with Crippen LogP contribution in [0.3, 0.4) is 0 Å². The van der Waals surface area contributed by atoms with Crippen LogP contribution < -0.4 is 0 Å². The molecule has 15 heavy (non-hydrogen) atoms. The highest BCUT2D eigenvalue weighted by Crippen LogP contribution is 2.31. The Morgan fingerprint density at radius 1 is 1.07 bits per heavy atom. The van der Waals surface area contributed by atoms with E-state index < -0.39 is 0 Å². The molecule has 1 nitrogen and oxygen atoms in total. The van der Waals surface area contributed by atoms with Crippen LogP contribution in [0.25, 0.3) is 11.3 Å². The molecule has 0 atom stereocenters. The van der Waals surface area contributed by atoms with Crippen molar-refractivity contribution in [3.8, 4) is 11.3 Å². The maximum atomic E-state index is 4.39. The summed E-state index contributed by atoms with van der Waals surface area (Å²) in [7, 11) is 0. The molecule has 1 aromatic heterocycles. The fraction of sp³-hybridized carbons (Fsp3) is 0.154. The Kier molecular flexibility index (Phi) is 3.07. The minimum Gasteiger partial charge on any atom is -0.256 e. The van der Waals surface area contributed by atoms with E-state index in [1.165, 1.54) is 16.0 Å². The van der Waals surface area contributed by atoms with E-state index in [4.69, 9.17) is 0 Å². The monoisotopic (exact) mass is 215 g/mol. The van der Waals surface area contributed by atoms with Gasteiger partial charge in [0.25, 0.3) is 0 Å². The molecule has 0 fully saturated rings. The highest BCUT2D eigenvalue weighted by Gasteiger charge is 2.06. The SMILES string of the molecule is CSc1c(C)cccc1-c1ccccn1. The van der Waals surface area contributed by atoms with Gasteiger partial charge in [0.05, 0.1) is 5.69 Å². The van der Waals surface area contributed by atoms with Crippen molar-refractivity contribution in [1.29, 1.82) is 0 Å². The average Bonchev–Trinajstić information content (AvgIpc) is 2.30. The van der Waals surface area contributed by atoms with Gasteiger partial charge in [0.2, 0.25) is 0 Å². The van der Waals surface area contributed by atoms with E-state index in [0.717, 1.165) is 5.69 Å². The van der Waals surface area contributed by atoms with Gasteiger partial charge in [-0.25, -0.2) is 0 Å². The van der Waals surface area contributed by atoms with Crippen molar-refractivity contribution >= 4 is 11.8 Å². The normalized spacial score (nSPS) is 10.3. The highest BCUT2D eigenvalue weighted by molar-refractivity contribution is 7.98. The second kappa shape index (κ2) is 4.49. The van der Waals surface area contributed by atoms with Gasteiger partial charge in [-0.2, -0.15) is 0 Å². The molecule has 2 heteroatoms. The van der Waals surface area contributed by atoms with Gasteiger partial charge >= 0.3 is 0 Å². The summed E-state index contributed by atoms with van der Waals surface area (Å²) in [5.41, 5.74) is 3.58. The standard InChI is InChI=1S/C13H13NS/c1-10-6-5-7-11(13(10)15-2)12-8-3-4-9-14-12/h3-9H,1-2H3. The number of aromatic nitrogens is 1. The Morgan fingerprint density at radius 3 is 2.60 bits per heavy atom. The molecule has 0 N–H and O–H groups in total. The van der Waals surface area contributed by atoms with Crippen molar-refractivity contribution in [2.45, 2.75) is 11.8 Å². The van der Waals surface area contributed by atoms with E-state index in [9.17, 15) is 0 Å². The van der Waals surface area contributed by atoms with Crippen LogP contribution >= 0.6 is 11.8 Å². The second-order valence-corrected chi connectivity index (χ2v) is 4.19. The Labute approximate surface area is 94.6 Å². The van der Waals surface area contributed by atoms with Crippen LogP contribution in [-0.4, -0.2) is 11.2 Å². The van der Waals surface area contributed by atoms with E-state index in [-0.39, 0.29) is 0 Å². The van der Waals surface area contributed by atoms with Crippen LogP contribution in [0.1, 0.15) is 5.56 Å². The molecule has 0 aliphatic heterocycles. The third kappa shape index (κ3) is 2.05. The first-order valence-corrected chi connectivity index (χ1v) is 6.10. The smallest absolute Gasteiger partial charge is 0.0713 e. The Bertz CT molecular complexity index is 451. The van der Waals surface area contributed by atoms with Gasteiger partial charge in [0.15, 0.2) is 0 Å². The fourth-order valence-electron chi connectivity index (χ4n) is 1.65. The average molecular weight is 215 g/mol. The van der Waals surface area contributed by atoms with Crippen LogP contribution in [0.15, 0.2) is 47.5 Å². The first-order valence-electron chi connectivity index (χ1n) is 4.88. The maximum Gasteiger partial charge on any atom is 0.0713 e. The van der Waals surface area contributed by atoms with Crippen LogP contribution in [0, 0.1) is 6.92 Å². The van der Waals surface area contributed by atoms with Crippen LogP contribution in [0.4, 0.5) is 0 Å². The summed E-state index contributed by atoms with van der Waals surface area (Å²) in [5, 5.41) is 0. The molecule has 0 unspecified atom stereocenters. The predicted octanol–water partition coefficient (Wildman–Crippen LogP) is 3.78. The van der Waals surface area contributed by atoms with E-state index in [2.05, 4.69) is 42.4 Å². The van der Waals surface area contributed by atoms with E-state index in [1.807, 2.05) is 18.3 Å². The molecule has 2 rings (SSSR count). The molecule has 0 spiro atoms. The van der Waals surface area contributed by atoms with Crippen molar-refractivity contribution in [1.82, 2.24) is 4.98 Å². The van der Waals surface area contributed by atoms with Crippen molar-refractivity contribution < 1.29 is 0 Å². The van der Waals surface area contributed by atoms with Gasteiger partial charge in [-0.15, -0.1) is 11.8 Å². The highest BCUT2D eigenvalue weighted by atomic mass is 32.2. The lowest BCUT2D eigenvalue weighted by atomic mass is 10.1. The topological polar surface area (TPSA) is 12.9 Å². The van der Waals surface area contributed by atoms with Crippen molar-refractivity contribution in [3.63, 3.8) is 0 Å². The van der Waals surface area contributed by atoms with E-state index in [0.29, 0.717) is 0 Å². The first-order chi connectivity index (χ1) is 7.33. The third-order valence-electron chi connectivity index (χ3n) is 2.36. The molecule has 0 aliphatic rings. The summed E-state index contributed by atoms with van der Waals surface area (Å²) < 4.78 is 0. The summed E-state index contributed by atoms with van der Waals surface area (Å²) >= 11 is 1.78. The molecule has 76 valence electrons. The van der Waals surface area contributed by atoms with Crippen LogP contribution in [0.2, 0.25) is 0 Å². The molecule has 0 amide bonds. The number of nitrogens with zero attached hydrogens (tertiary/aromatic N) is 1. The van der Waals surface area contributed by atoms with E-state index in [1.54, 1.807) is 11.8 Å². The Morgan fingerprint density at radius 2 is 1.93 bits per heavy atom. The molecule has 1 heterocycles. The number of benzene rings is 1. The maximum absolute atomic E-state index is 4.39. The molecule has 0 saturated heterocycles. The van der Waals surface area contributed by atoms with Crippen molar-refractivity contribution in [2.75, 3.05) is 6.26 Å². The molecular formula is C13H13NS. The summed E-state index contributed by atoms with van der Waals surface area (Å²) in [5.74, 6) is 0. The number of aryl methyl sites for hydroxylation is 1. The zero-order chi connectivity index (χ0) is 10.7. The van der Waals surface area contributed by atoms with Gasteiger partial charge in [0, 0.05) is 16.7 Å². The van der Waals surface area contributed by atoms with Gasteiger partial charge < -0.3 is 0 Å². The van der Waals surface area contributed by atoms with Gasteiger partial charge in [-0.3, -0.25) is 4.98 Å². The minimum absolute atomic E-state index is 1.05. The summed E-state index contributed by atoms with van der Waals surface area (Å²) in [6, 6.07) is 12.4. The van der Waals surface area contributed by atoms with E-state index >= 15 is 0 Å². The van der Waals surface area contributed by atoms with Crippen LogP contribution in [0.5, 0.6) is 0 Å². The lowest BCUT2D eigenvalue weighted by Gasteiger charge is -2.09. The third-order valence-corrected chi connectivity index (χ3v) is 3.31. The second-order valence-electron chi connectivity index (χ2n) is 3.37. The Balaban J connectivity index is 2.58. The molecule has 0 aliphatic carbocycles. The Hall–Kier alpha value is -1.28. The number of hydrogen-bond acceptors (Lipinski definition) is 2. The fourth-order valence-corrected chi connectivity index (χ4v) is 2.43. The zero-order valence-electron chi connectivity index (χ0n) is 8.90. The lowest BCUT2D eigenvalue weighted by molar-refractivity contribution is 1.25. The largest absolute Gasteiger partial charge is 0.256 e. The van der Waals surface area contributed by atoms with Gasteiger partial charge in [0.1, 0.15) is 0 Å². The molecule has 1 aromatic carbocycles. The first kappa shape index (κ1) is 10.2. The number of pyridine rings is 1. The summed E-state index contributed by atoms with van der Waals surface area (Å²) in [4.78, 5) is 5.70. The summed E-state index contributed by atoms with van der Waals surface area (Å²) in [6.07, 6.45) is 3.94. The number of thioether (sulfide) groups is 1. The number of hydrogen-bond donors (Lipinski definition) is 0. The molecule has 0 saturated carbocycles. The lowest BCUT2D eigenvalue weighted by Crippen LogP contribution is -1.87. The van der Waals surface area contributed by atoms with Gasteiger partial charge in [-0.1, -0.05) is 24.3 Å². The van der Waals surface area contributed by atoms with Crippen molar-refractivity contribution in [2.24, 2.45) is 0 Å². The minimum atomic E-state index is 1.05. The molecule has 0 radical (unpaired) electrons. The molecule has 0 bridgehead atoms. The zero-order valence-corrected chi connectivity index (χ0v) is 9.71. The predicted molar refractivity (Wildman–Crippen MR) is 66.2 cm³/mol. The summed E-state index contributed by atoms with van der Waals surface area (Å²) in [6.45, 7) is 2.14. The van der Waals surface area contributed by atoms with Crippen molar-refractivity contribution in [3.05, 3.63) is 48.2 Å². The molecular weight excluding hydrogens is 202 g/mol. The number of rotatable bonds is 2.